The van der Waals surface area contributed by atoms with Gasteiger partial charge in [-0.1, -0.05) is 18.2 Å². The van der Waals surface area contributed by atoms with Crippen LogP contribution in [0.3, 0.4) is 0 Å². The number of benzene rings is 1. The molecule has 108 valence electrons. The van der Waals surface area contributed by atoms with Crippen molar-refractivity contribution in [3.63, 3.8) is 0 Å². The molecule has 21 heavy (non-hydrogen) atoms. The molecule has 4 rings (SSSR count). The highest BCUT2D eigenvalue weighted by Crippen LogP contribution is 2.36. The van der Waals surface area contributed by atoms with Crippen LogP contribution in [-0.4, -0.2) is 16.7 Å². The Morgan fingerprint density at radius 3 is 3.05 bits per heavy atom. The predicted molar refractivity (Wildman–Crippen MR) is 79.5 cm³/mol. The van der Waals surface area contributed by atoms with Crippen LogP contribution in [0.5, 0.6) is 0 Å². The number of aryl methyl sites for hydroxylation is 1. The van der Waals surface area contributed by atoms with Crippen molar-refractivity contribution in [2.75, 3.05) is 6.61 Å². The molecule has 0 fully saturated rings. The fourth-order valence-electron chi connectivity index (χ4n) is 3.37. The number of aromatic nitrogens is 1. The molecular formula is C17H18N2O2. The molecule has 0 amide bonds. The van der Waals surface area contributed by atoms with Crippen molar-refractivity contribution in [1.29, 1.82) is 0 Å². The lowest BCUT2D eigenvalue weighted by atomic mass is 9.92. The Balaban J connectivity index is 1.83. The molecule has 1 aromatic carbocycles. The number of fused-ring (bicyclic) bond motifs is 2. The fourth-order valence-corrected chi connectivity index (χ4v) is 3.37. The van der Waals surface area contributed by atoms with E-state index in [9.17, 15) is 5.11 Å². The average Bonchev–Trinajstić information content (AvgIpc) is 2.88. The van der Waals surface area contributed by atoms with Crippen molar-refractivity contribution in [3.05, 3.63) is 52.8 Å². The minimum absolute atomic E-state index is 0.0996. The van der Waals surface area contributed by atoms with Gasteiger partial charge in [-0.2, -0.15) is 0 Å². The molecule has 0 radical (unpaired) electrons. The van der Waals surface area contributed by atoms with Crippen molar-refractivity contribution < 1.29 is 9.84 Å². The van der Waals surface area contributed by atoms with Gasteiger partial charge in [0.05, 0.1) is 25.4 Å². The number of rotatable bonds is 1. The van der Waals surface area contributed by atoms with Crippen LogP contribution in [0.4, 0.5) is 0 Å². The number of ether oxygens (including phenoxy) is 1. The SMILES string of the molecule is NC1COCc2c(-c3ccc4c(c3)CCC4O)cncc21. The quantitative estimate of drug-likeness (QED) is 0.842. The largest absolute Gasteiger partial charge is 0.388 e. The van der Waals surface area contributed by atoms with E-state index >= 15 is 0 Å². The molecular weight excluding hydrogens is 264 g/mol. The van der Waals surface area contributed by atoms with Gasteiger partial charge >= 0.3 is 0 Å². The number of nitrogens with two attached hydrogens (primary N) is 1. The highest BCUT2D eigenvalue weighted by molar-refractivity contribution is 5.69. The summed E-state index contributed by atoms with van der Waals surface area (Å²) in [5.74, 6) is 0. The lowest BCUT2D eigenvalue weighted by molar-refractivity contribution is 0.0926. The first-order valence-corrected chi connectivity index (χ1v) is 7.35. The summed E-state index contributed by atoms with van der Waals surface area (Å²) in [6.45, 7) is 1.13. The normalized spacial score (nSPS) is 23.7. The van der Waals surface area contributed by atoms with Crippen LogP contribution in [0, 0.1) is 0 Å². The zero-order valence-corrected chi connectivity index (χ0v) is 11.7. The van der Waals surface area contributed by atoms with Gasteiger partial charge < -0.3 is 15.6 Å². The van der Waals surface area contributed by atoms with E-state index in [0.717, 1.165) is 40.7 Å². The summed E-state index contributed by atoms with van der Waals surface area (Å²) in [5, 5.41) is 9.92. The smallest absolute Gasteiger partial charge is 0.0795 e. The summed E-state index contributed by atoms with van der Waals surface area (Å²) in [6.07, 6.45) is 5.17. The zero-order chi connectivity index (χ0) is 14.4. The van der Waals surface area contributed by atoms with E-state index in [2.05, 4.69) is 17.1 Å². The average molecular weight is 282 g/mol. The molecule has 1 aromatic heterocycles. The van der Waals surface area contributed by atoms with Gasteiger partial charge in [0.15, 0.2) is 0 Å². The van der Waals surface area contributed by atoms with E-state index in [1.807, 2.05) is 18.5 Å². The monoisotopic (exact) mass is 282 g/mol. The number of nitrogens with zero attached hydrogens (tertiary/aromatic N) is 1. The van der Waals surface area contributed by atoms with Crippen LogP contribution < -0.4 is 5.73 Å². The third-order valence-electron chi connectivity index (χ3n) is 4.53. The molecule has 2 aliphatic rings. The molecule has 4 heteroatoms. The molecule has 0 saturated heterocycles. The maximum atomic E-state index is 9.92. The Bertz CT molecular complexity index is 699. The topological polar surface area (TPSA) is 68.4 Å². The number of aliphatic hydroxyl groups is 1. The maximum Gasteiger partial charge on any atom is 0.0795 e. The highest BCUT2D eigenvalue weighted by atomic mass is 16.5. The third-order valence-corrected chi connectivity index (χ3v) is 4.53. The van der Waals surface area contributed by atoms with Crippen LogP contribution in [-0.2, 0) is 17.8 Å². The van der Waals surface area contributed by atoms with E-state index in [1.165, 1.54) is 5.56 Å². The van der Waals surface area contributed by atoms with Crippen molar-refractivity contribution >= 4 is 0 Å². The number of hydrogen-bond donors (Lipinski definition) is 2. The standard InChI is InChI=1S/C17H18N2O2/c18-16-9-21-8-15-13(6-19-7-14(15)16)11-1-3-12-10(5-11)2-4-17(12)20/h1,3,5-7,16-17,20H,2,4,8-9,18H2. The predicted octanol–water partition coefficient (Wildman–Crippen LogP) is 2.26. The number of hydrogen-bond acceptors (Lipinski definition) is 4. The molecule has 1 aliphatic heterocycles. The van der Waals surface area contributed by atoms with Crippen LogP contribution >= 0.6 is 0 Å². The van der Waals surface area contributed by atoms with Gasteiger partial charge in [-0.25, -0.2) is 0 Å². The van der Waals surface area contributed by atoms with Crippen LogP contribution in [0.15, 0.2) is 30.6 Å². The molecule has 2 heterocycles. The minimum atomic E-state index is -0.311. The fraction of sp³-hybridized carbons (Fsp3) is 0.353. The van der Waals surface area contributed by atoms with Gasteiger partial charge in [0.2, 0.25) is 0 Å². The van der Waals surface area contributed by atoms with Crippen molar-refractivity contribution in [2.45, 2.75) is 31.6 Å². The van der Waals surface area contributed by atoms with Crippen molar-refractivity contribution in [3.8, 4) is 11.1 Å². The van der Waals surface area contributed by atoms with Gasteiger partial charge in [0, 0.05) is 18.0 Å². The summed E-state index contributed by atoms with van der Waals surface area (Å²) >= 11 is 0. The van der Waals surface area contributed by atoms with E-state index in [0.29, 0.717) is 13.2 Å². The van der Waals surface area contributed by atoms with Gasteiger partial charge in [0.25, 0.3) is 0 Å². The van der Waals surface area contributed by atoms with Gasteiger partial charge in [-0.05, 0) is 40.7 Å². The summed E-state index contributed by atoms with van der Waals surface area (Å²) < 4.78 is 5.59. The lowest BCUT2D eigenvalue weighted by Crippen LogP contribution is -2.24. The van der Waals surface area contributed by atoms with Crippen LogP contribution in [0.2, 0.25) is 0 Å². The lowest BCUT2D eigenvalue weighted by Gasteiger charge is -2.24. The zero-order valence-electron chi connectivity index (χ0n) is 11.7. The second-order valence-corrected chi connectivity index (χ2v) is 5.84. The molecule has 0 saturated carbocycles. The third kappa shape index (κ3) is 2.07. The van der Waals surface area contributed by atoms with Gasteiger partial charge in [0.1, 0.15) is 0 Å². The second kappa shape index (κ2) is 4.91. The molecule has 3 N–H and O–H groups in total. The van der Waals surface area contributed by atoms with E-state index < -0.39 is 0 Å². The Morgan fingerprint density at radius 1 is 1.24 bits per heavy atom. The van der Waals surface area contributed by atoms with E-state index in [4.69, 9.17) is 10.5 Å². The van der Waals surface area contributed by atoms with Crippen molar-refractivity contribution in [2.24, 2.45) is 5.73 Å². The molecule has 1 aliphatic carbocycles. The Hall–Kier alpha value is -1.75. The highest BCUT2D eigenvalue weighted by Gasteiger charge is 2.23. The van der Waals surface area contributed by atoms with Crippen LogP contribution in [0.25, 0.3) is 11.1 Å². The summed E-state index contributed by atoms with van der Waals surface area (Å²) in [5.41, 5.74) is 12.8. The summed E-state index contributed by atoms with van der Waals surface area (Å²) in [4.78, 5) is 4.35. The van der Waals surface area contributed by atoms with E-state index in [1.54, 1.807) is 0 Å². The summed E-state index contributed by atoms with van der Waals surface area (Å²) in [7, 11) is 0. The molecule has 4 nitrogen and oxygen atoms in total. The van der Waals surface area contributed by atoms with Gasteiger partial charge in [-0.3, -0.25) is 4.98 Å². The first kappa shape index (κ1) is 13.0. The van der Waals surface area contributed by atoms with Crippen LogP contribution in [0.1, 0.15) is 40.8 Å². The summed E-state index contributed by atoms with van der Waals surface area (Å²) in [6, 6.07) is 6.16. The second-order valence-electron chi connectivity index (χ2n) is 5.84. The first-order valence-electron chi connectivity index (χ1n) is 7.35. The molecule has 2 unspecified atom stereocenters. The molecule has 2 atom stereocenters. The maximum absolute atomic E-state index is 9.92. The Kier molecular flexibility index (Phi) is 3.03. The number of pyridine rings is 1. The van der Waals surface area contributed by atoms with E-state index in [-0.39, 0.29) is 12.1 Å². The Morgan fingerprint density at radius 2 is 2.14 bits per heavy atom. The molecule has 0 spiro atoms. The Labute approximate surface area is 123 Å². The first-order chi connectivity index (χ1) is 10.2. The number of aliphatic hydroxyl groups excluding tert-OH is 1. The minimum Gasteiger partial charge on any atom is -0.388 e. The van der Waals surface area contributed by atoms with Crippen molar-refractivity contribution in [1.82, 2.24) is 4.98 Å². The molecule has 0 bridgehead atoms. The van der Waals surface area contributed by atoms with Gasteiger partial charge in [-0.15, -0.1) is 0 Å². The molecule has 2 aromatic rings.